The van der Waals surface area contributed by atoms with Gasteiger partial charge in [0.1, 0.15) is 29.7 Å². The van der Waals surface area contributed by atoms with Crippen LogP contribution in [0.2, 0.25) is 0 Å². The highest BCUT2D eigenvalue weighted by atomic mass is 19.1. The third-order valence-electron chi connectivity index (χ3n) is 5.94. The fourth-order valence-electron chi connectivity index (χ4n) is 3.85. The van der Waals surface area contributed by atoms with Crippen LogP contribution < -0.4 is 20.1 Å². The predicted octanol–water partition coefficient (Wildman–Crippen LogP) is 5.57. The Labute approximate surface area is 204 Å². The molecule has 0 bridgehead atoms. The second kappa shape index (κ2) is 9.56. The molecule has 1 fully saturated rings. The number of halogens is 1. The molecular weight excluding hydrogens is 451 g/mol. The Hall–Kier alpha value is -3.62. The first-order valence-corrected chi connectivity index (χ1v) is 11.6. The molecule has 0 saturated heterocycles. The number of benzene rings is 2. The van der Waals surface area contributed by atoms with Gasteiger partial charge in [-0.2, -0.15) is 0 Å². The van der Waals surface area contributed by atoms with Crippen LogP contribution in [0.3, 0.4) is 0 Å². The van der Waals surface area contributed by atoms with Crippen molar-refractivity contribution >= 4 is 28.5 Å². The van der Waals surface area contributed by atoms with Gasteiger partial charge in [0.2, 0.25) is 0 Å². The van der Waals surface area contributed by atoms with E-state index in [9.17, 15) is 9.18 Å². The largest absolute Gasteiger partial charge is 0.493 e. The Morgan fingerprint density at radius 1 is 1.11 bits per heavy atom. The number of aromatic nitrogens is 2. The van der Waals surface area contributed by atoms with E-state index in [1.807, 2.05) is 33.8 Å². The minimum absolute atomic E-state index is 0.0189. The van der Waals surface area contributed by atoms with Gasteiger partial charge in [-0.05, 0) is 57.9 Å². The number of ether oxygens (including phenoxy) is 3. The zero-order valence-electron chi connectivity index (χ0n) is 20.9. The van der Waals surface area contributed by atoms with Crippen LogP contribution in [0.15, 0.2) is 30.6 Å². The van der Waals surface area contributed by atoms with Gasteiger partial charge in [-0.3, -0.25) is 0 Å². The van der Waals surface area contributed by atoms with Crippen LogP contribution in [-0.4, -0.2) is 40.9 Å². The molecule has 8 nitrogen and oxygen atoms in total. The average molecular weight is 483 g/mol. The van der Waals surface area contributed by atoms with Gasteiger partial charge in [-0.15, -0.1) is 0 Å². The van der Waals surface area contributed by atoms with Gasteiger partial charge in [0.15, 0.2) is 11.5 Å². The number of rotatable bonds is 6. The molecule has 1 amide bonds. The van der Waals surface area contributed by atoms with E-state index < -0.39 is 11.7 Å². The minimum Gasteiger partial charge on any atom is -0.493 e. The van der Waals surface area contributed by atoms with Crippen molar-refractivity contribution in [2.75, 3.05) is 12.4 Å². The Bertz CT molecular complexity index is 1250. The van der Waals surface area contributed by atoms with Crippen LogP contribution in [0.1, 0.15) is 44.7 Å². The molecule has 0 radical (unpaired) electrons. The molecule has 2 N–H and O–H groups in total. The standard InChI is InChI=1S/C26H31FN4O4/c1-14-7-8-19(23(27)15(14)2)31-24-18-11-22(21(33-6)12-20(18)28-13-29-24)34-17-9-16(10-17)30-25(32)35-26(3,4)5/h7-8,11-13,16-17H,9-10H2,1-6H3,(H,30,32)(H,28,29,31). The lowest BCUT2D eigenvalue weighted by Crippen LogP contribution is -2.50. The number of nitrogens with zero attached hydrogens (tertiary/aromatic N) is 2. The Balaban J connectivity index is 1.51. The number of nitrogens with one attached hydrogen (secondary N) is 2. The van der Waals surface area contributed by atoms with Crippen molar-refractivity contribution in [2.45, 2.75) is 65.2 Å². The lowest BCUT2D eigenvalue weighted by molar-refractivity contribution is 0.0358. The van der Waals surface area contributed by atoms with E-state index in [-0.39, 0.29) is 18.0 Å². The van der Waals surface area contributed by atoms with Gasteiger partial charge in [0, 0.05) is 30.3 Å². The van der Waals surface area contributed by atoms with Crippen molar-refractivity contribution in [2.24, 2.45) is 0 Å². The maximum atomic E-state index is 14.8. The highest BCUT2D eigenvalue weighted by Gasteiger charge is 2.34. The summed E-state index contributed by atoms with van der Waals surface area (Å²) in [5.74, 6) is 1.20. The smallest absolute Gasteiger partial charge is 0.407 e. The number of carbonyl (C=O) groups excluding carboxylic acids is 1. The molecule has 1 saturated carbocycles. The van der Waals surface area contributed by atoms with Gasteiger partial charge < -0.3 is 24.8 Å². The summed E-state index contributed by atoms with van der Waals surface area (Å²) >= 11 is 0. The lowest BCUT2D eigenvalue weighted by Gasteiger charge is -2.36. The first-order valence-electron chi connectivity index (χ1n) is 11.6. The van der Waals surface area contributed by atoms with Crippen LogP contribution in [0.25, 0.3) is 10.9 Å². The van der Waals surface area contributed by atoms with E-state index in [2.05, 4.69) is 20.6 Å². The molecule has 9 heteroatoms. The number of alkyl carbamates (subject to hydrolysis) is 1. The Kier molecular flexibility index (Phi) is 6.69. The Morgan fingerprint density at radius 3 is 2.54 bits per heavy atom. The van der Waals surface area contributed by atoms with E-state index >= 15 is 0 Å². The topological polar surface area (TPSA) is 94.6 Å². The molecule has 1 heterocycles. The monoisotopic (exact) mass is 482 g/mol. The van der Waals surface area contributed by atoms with E-state index in [0.717, 1.165) is 5.56 Å². The molecular formula is C26H31FN4O4. The molecule has 4 rings (SSSR count). The minimum atomic E-state index is -0.545. The quantitative estimate of drug-likeness (QED) is 0.474. The van der Waals surface area contributed by atoms with Crippen LogP contribution in [-0.2, 0) is 4.74 Å². The summed E-state index contributed by atoms with van der Waals surface area (Å²) in [6, 6.07) is 7.10. The van der Waals surface area contributed by atoms with Gasteiger partial charge in [0.25, 0.3) is 0 Å². The van der Waals surface area contributed by atoms with Crippen LogP contribution >= 0.6 is 0 Å². The van der Waals surface area contributed by atoms with Gasteiger partial charge >= 0.3 is 6.09 Å². The molecule has 1 aliphatic rings. The first-order chi connectivity index (χ1) is 16.5. The summed E-state index contributed by atoms with van der Waals surface area (Å²) in [4.78, 5) is 20.6. The third-order valence-corrected chi connectivity index (χ3v) is 5.94. The summed E-state index contributed by atoms with van der Waals surface area (Å²) in [5.41, 5.74) is 1.88. The van der Waals surface area contributed by atoms with Crippen LogP contribution in [0.5, 0.6) is 11.5 Å². The fourth-order valence-corrected chi connectivity index (χ4v) is 3.85. The second-order valence-corrected chi connectivity index (χ2v) is 9.79. The van der Waals surface area contributed by atoms with Gasteiger partial charge in [-0.25, -0.2) is 19.2 Å². The molecule has 35 heavy (non-hydrogen) atoms. The second-order valence-electron chi connectivity index (χ2n) is 9.79. The number of hydrogen-bond donors (Lipinski definition) is 2. The summed E-state index contributed by atoms with van der Waals surface area (Å²) < 4.78 is 31.8. The predicted molar refractivity (Wildman–Crippen MR) is 132 cm³/mol. The molecule has 2 aromatic carbocycles. The molecule has 1 aliphatic carbocycles. The third kappa shape index (κ3) is 5.55. The zero-order valence-corrected chi connectivity index (χ0v) is 20.9. The maximum absolute atomic E-state index is 14.8. The molecule has 0 aliphatic heterocycles. The highest BCUT2D eigenvalue weighted by molar-refractivity contribution is 5.93. The number of hydrogen-bond acceptors (Lipinski definition) is 7. The average Bonchev–Trinajstić information content (AvgIpc) is 2.76. The van der Waals surface area contributed by atoms with E-state index in [1.54, 1.807) is 32.2 Å². The molecule has 1 aromatic heterocycles. The highest BCUT2D eigenvalue weighted by Crippen LogP contribution is 2.38. The molecule has 186 valence electrons. The number of aryl methyl sites for hydroxylation is 1. The van der Waals surface area contributed by atoms with Gasteiger partial charge in [0.05, 0.1) is 18.3 Å². The SMILES string of the molecule is COc1cc2ncnc(Nc3ccc(C)c(C)c3F)c2cc1OC1CC(NC(=O)OC(C)(C)C)C1. The van der Waals surface area contributed by atoms with E-state index in [0.29, 0.717) is 52.3 Å². The maximum Gasteiger partial charge on any atom is 0.407 e. The lowest BCUT2D eigenvalue weighted by atomic mass is 9.89. The van der Waals surface area contributed by atoms with Crippen molar-refractivity contribution in [3.8, 4) is 11.5 Å². The normalized spacial score (nSPS) is 17.5. The molecule has 0 unspecified atom stereocenters. The van der Waals surface area contributed by atoms with Crippen molar-refractivity contribution in [3.63, 3.8) is 0 Å². The summed E-state index contributed by atoms with van der Waals surface area (Å²) in [6.07, 6.45) is 2.17. The summed E-state index contributed by atoms with van der Waals surface area (Å²) in [6.45, 7) is 9.09. The van der Waals surface area contributed by atoms with Crippen LogP contribution in [0, 0.1) is 19.7 Å². The number of methoxy groups -OCH3 is 1. The van der Waals surface area contributed by atoms with Crippen molar-refractivity contribution < 1.29 is 23.4 Å². The van der Waals surface area contributed by atoms with E-state index in [4.69, 9.17) is 14.2 Å². The van der Waals surface area contributed by atoms with Crippen LogP contribution in [0.4, 0.5) is 20.7 Å². The van der Waals surface area contributed by atoms with Gasteiger partial charge in [-0.1, -0.05) is 6.07 Å². The number of carbonyl (C=O) groups is 1. The number of amides is 1. The molecule has 0 spiro atoms. The first kappa shape index (κ1) is 24.5. The zero-order chi connectivity index (χ0) is 25.3. The van der Waals surface area contributed by atoms with Crippen molar-refractivity contribution in [1.82, 2.24) is 15.3 Å². The molecule has 3 aromatic rings. The summed E-state index contributed by atoms with van der Waals surface area (Å²) in [5, 5.41) is 6.62. The fraction of sp³-hybridized carbons (Fsp3) is 0.423. The van der Waals surface area contributed by atoms with Crippen molar-refractivity contribution in [1.29, 1.82) is 0 Å². The number of fused-ring (bicyclic) bond motifs is 1. The van der Waals surface area contributed by atoms with Crippen molar-refractivity contribution in [3.05, 3.63) is 47.5 Å². The Morgan fingerprint density at radius 2 is 1.86 bits per heavy atom. The summed E-state index contributed by atoms with van der Waals surface area (Å²) in [7, 11) is 1.56. The van der Waals surface area contributed by atoms with E-state index in [1.165, 1.54) is 6.33 Å². The number of anilines is 2. The molecule has 0 atom stereocenters.